The summed E-state index contributed by atoms with van der Waals surface area (Å²) in [7, 11) is 1.58. The average molecular weight is 254 g/mol. The molecule has 0 N–H and O–H groups in total. The maximum atomic E-state index is 11.0. The molecule has 1 heterocycles. The van der Waals surface area contributed by atoms with Gasteiger partial charge in [0, 0.05) is 11.5 Å². The third-order valence-corrected chi connectivity index (χ3v) is 3.03. The number of fused-ring (bicyclic) bond motifs is 2. The predicted molar refractivity (Wildman–Crippen MR) is 72.5 cm³/mol. The summed E-state index contributed by atoms with van der Waals surface area (Å²) in [6.07, 6.45) is 0. The topological polar surface area (TPSA) is 65.3 Å². The summed E-state index contributed by atoms with van der Waals surface area (Å²) in [6.45, 7) is 0. The first-order valence-electron chi connectivity index (χ1n) is 5.71. The number of benzene rings is 2. The fourth-order valence-corrected chi connectivity index (χ4v) is 2.11. The van der Waals surface area contributed by atoms with E-state index in [0.717, 1.165) is 10.9 Å². The molecular weight excluding hydrogens is 244 g/mol. The minimum atomic E-state index is -0.393. The van der Waals surface area contributed by atoms with Crippen LogP contribution in [-0.4, -0.2) is 17.0 Å². The third kappa shape index (κ3) is 1.85. The Kier molecular flexibility index (Phi) is 2.52. The molecule has 19 heavy (non-hydrogen) atoms. The van der Waals surface area contributed by atoms with Gasteiger partial charge in [-0.2, -0.15) is 0 Å². The van der Waals surface area contributed by atoms with Crippen LogP contribution in [0.1, 0.15) is 0 Å². The van der Waals surface area contributed by atoms with E-state index in [1.807, 2.05) is 18.2 Å². The van der Waals surface area contributed by atoms with Crippen LogP contribution >= 0.6 is 0 Å². The Balaban J connectivity index is 2.39. The Morgan fingerprint density at radius 1 is 1.16 bits per heavy atom. The fraction of sp³-hybridized carbons (Fsp3) is 0.0714. The number of aromatic nitrogens is 1. The highest BCUT2D eigenvalue weighted by molar-refractivity contribution is 5.97. The zero-order chi connectivity index (χ0) is 13.4. The Bertz CT molecular complexity index is 799. The third-order valence-electron chi connectivity index (χ3n) is 3.03. The summed E-state index contributed by atoms with van der Waals surface area (Å²) in [5.74, 6) is 0.701. The van der Waals surface area contributed by atoms with Gasteiger partial charge in [0.05, 0.1) is 28.5 Å². The first kappa shape index (κ1) is 11.4. The number of nitrogens with zero attached hydrogens (tertiary/aromatic N) is 2. The minimum Gasteiger partial charge on any atom is -0.497 e. The van der Waals surface area contributed by atoms with Crippen molar-refractivity contribution in [2.45, 2.75) is 0 Å². The molecule has 0 unspecified atom stereocenters. The van der Waals surface area contributed by atoms with E-state index in [2.05, 4.69) is 4.98 Å². The van der Waals surface area contributed by atoms with Crippen molar-refractivity contribution in [2.24, 2.45) is 0 Å². The van der Waals surface area contributed by atoms with Crippen LogP contribution in [-0.2, 0) is 0 Å². The quantitative estimate of drug-likeness (QED) is 0.400. The lowest BCUT2D eigenvalue weighted by Crippen LogP contribution is -1.91. The summed E-state index contributed by atoms with van der Waals surface area (Å²) in [6, 6.07) is 12.1. The summed E-state index contributed by atoms with van der Waals surface area (Å²) < 4.78 is 5.15. The highest BCUT2D eigenvalue weighted by atomic mass is 16.6. The van der Waals surface area contributed by atoms with Gasteiger partial charge in [-0.15, -0.1) is 0 Å². The van der Waals surface area contributed by atoms with Crippen LogP contribution in [0.2, 0.25) is 0 Å². The first-order chi connectivity index (χ1) is 9.19. The highest BCUT2D eigenvalue weighted by Crippen LogP contribution is 2.29. The molecule has 0 saturated heterocycles. The number of ether oxygens (including phenoxy) is 1. The largest absolute Gasteiger partial charge is 0.497 e. The second-order valence-corrected chi connectivity index (χ2v) is 4.15. The van der Waals surface area contributed by atoms with Crippen LogP contribution in [0.25, 0.3) is 21.8 Å². The summed E-state index contributed by atoms with van der Waals surface area (Å²) in [4.78, 5) is 15.1. The molecule has 3 rings (SSSR count). The number of nitro groups is 1. The van der Waals surface area contributed by atoms with Crippen LogP contribution in [0, 0.1) is 10.1 Å². The molecule has 0 atom stereocenters. The van der Waals surface area contributed by atoms with E-state index in [4.69, 9.17) is 4.74 Å². The van der Waals surface area contributed by atoms with E-state index in [1.54, 1.807) is 25.3 Å². The maximum Gasteiger partial charge on any atom is 0.278 e. The molecule has 0 radical (unpaired) electrons. The van der Waals surface area contributed by atoms with Gasteiger partial charge < -0.3 is 4.74 Å². The van der Waals surface area contributed by atoms with Crippen LogP contribution in [0.4, 0.5) is 5.69 Å². The van der Waals surface area contributed by atoms with Crippen molar-refractivity contribution in [3.8, 4) is 5.75 Å². The fourth-order valence-electron chi connectivity index (χ4n) is 2.11. The molecule has 5 heteroatoms. The highest BCUT2D eigenvalue weighted by Gasteiger charge is 2.12. The van der Waals surface area contributed by atoms with Crippen molar-refractivity contribution in [3.63, 3.8) is 0 Å². The molecule has 0 saturated carbocycles. The second-order valence-electron chi connectivity index (χ2n) is 4.15. The van der Waals surface area contributed by atoms with E-state index in [0.29, 0.717) is 16.7 Å². The van der Waals surface area contributed by atoms with E-state index in [9.17, 15) is 10.1 Å². The van der Waals surface area contributed by atoms with Gasteiger partial charge in [-0.25, -0.2) is 4.98 Å². The van der Waals surface area contributed by atoms with Crippen molar-refractivity contribution >= 4 is 27.5 Å². The number of hydrogen-bond donors (Lipinski definition) is 0. The summed E-state index contributed by atoms with van der Waals surface area (Å²) in [5, 5.41) is 12.4. The summed E-state index contributed by atoms with van der Waals surface area (Å²) >= 11 is 0. The van der Waals surface area contributed by atoms with Gasteiger partial charge in [-0.1, -0.05) is 6.07 Å². The number of pyridine rings is 1. The van der Waals surface area contributed by atoms with E-state index in [1.165, 1.54) is 6.07 Å². The lowest BCUT2D eigenvalue weighted by molar-refractivity contribution is -0.383. The van der Waals surface area contributed by atoms with Crippen molar-refractivity contribution < 1.29 is 9.66 Å². The summed E-state index contributed by atoms with van der Waals surface area (Å²) in [5.41, 5.74) is 1.47. The molecule has 5 nitrogen and oxygen atoms in total. The number of nitro benzene ring substituents is 1. The zero-order valence-corrected chi connectivity index (χ0v) is 10.2. The van der Waals surface area contributed by atoms with Gasteiger partial charge in [0.1, 0.15) is 5.75 Å². The molecule has 2 aromatic carbocycles. The van der Waals surface area contributed by atoms with E-state index < -0.39 is 4.92 Å². The second kappa shape index (κ2) is 4.20. The van der Waals surface area contributed by atoms with Crippen molar-refractivity contribution in [3.05, 3.63) is 52.6 Å². The Morgan fingerprint density at radius 2 is 2.00 bits per heavy atom. The van der Waals surface area contributed by atoms with Gasteiger partial charge in [-0.3, -0.25) is 10.1 Å². The maximum absolute atomic E-state index is 11.0. The molecule has 0 fully saturated rings. The van der Waals surface area contributed by atoms with Crippen molar-refractivity contribution in [1.82, 2.24) is 4.98 Å². The van der Waals surface area contributed by atoms with Crippen LogP contribution in [0.5, 0.6) is 5.75 Å². The number of methoxy groups -OCH3 is 1. The van der Waals surface area contributed by atoms with Gasteiger partial charge in [0.2, 0.25) is 0 Å². The predicted octanol–water partition coefficient (Wildman–Crippen LogP) is 3.30. The molecule has 0 bridgehead atoms. The SMILES string of the molecule is COc1ccc2nc3cccc([N+](=O)[O-])c3cc2c1. The smallest absolute Gasteiger partial charge is 0.278 e. The lowest BCUT2D eigenvalue weighted by Gasteiger charge is -2.04. The van der Waals surface area contributed by atoms with Crippen LogP contribution < -0.4 is 4.74 Å². The molecule has 0 aliphatic rings. The molecule has 1 aromatic heterocycles. The van der Waals surface area contributed by atoms with Gasteiger partial charge in [0.15, 0.2) is 0 Å². The molecular formula is C14H10N2O3. The van der Waals surface area contributed by atoms with Gasteiger partial charge in [-0.05, 0) is 30.3 Å². The molecule has 3 aromatic rings. The van der Waals surface area contributed by atoms with Gasteiger partial charge in [0.25, 0.3) is 5.69 Å². The molecule has 94 valence electrons. The average Bonchev–Trinajstić information content (AvgIpc) is 2.43. The van der Waals surface area contributed by atoms with Gasteiger partial charge >= 0.3 is 0 Å². The molecule has 0 amide bonds. The Labute approximate surface area is 108 Å². The minimum absolute atomic E-state index is 0.0646. The van der Waals surface area contributed by atoms with Crippen LogP contribution in [0.15, 0.2) is 42.5 Å². The van der Waals surface area contributed by atoms with E-state index in [-0.39, 0.29) is 5.69 Å². The van der Waals surface area contributed by atoms with Crippen molar-refractivity contribution in [1.29, 1.82) is 0 Å². The standard InChI is InChI=1S/C14H10N2O3/c1-19-10-5-6-12-9(7-10)8-11-13(15-12)3-2-4-14(11)16(17)18/h2-8H,1H3. The zero-order valence-electron chi connectivity index (χ0n) is 10.2. The lowest BCUT2D eigenvalue weighted by atomic mass is 10.1. The monoisotopic (exact) mass is 254 g/mol. The van der Waals surface area contributed by atoms with Crippen LogP contribution in [0.3, 0.4) is 0 Å². The normalized spacial score (nSPS) is 10.8. The number of hydrogen-bond acceptors (Lipinski definition) is 4. The molecule has 0 aliphatic carbocycles. The first-order valence-corrected chi connectivity index (χ1v) is 5.71. The number of rotatable bonds is 2. The number of non-ortho nitro benzene ring substituents is 1. The molecule has 0 aliphatic heterocycles. The Morgan fingerprint density at radius 3 is 2.74 bits per heavy atom. The van der Waals surface area contributed by atoms with Crippen molar-refractivity contribution in [2.75, 3.05) is 7.11 Å². The Hall–Kier alpha value is -2.69. The van der Waals surface area contributed by atoms with E-state index >= 15 is 0 Å². The molecule has 0 spiro atoms.